The highest BCUT2D eigenvalue weighted by Gasteiger charge is 2.41. The number of benzene rings is 1. The number of aromatic amines is 1. The van der Waals surface area contributed by atoms with E-state index in [1.165, 1.54) is 6.07 Å². The number of hydrogen-bond acceptors (Lipinski definition) is 3. The van der Waals surface area contributed by atoms with Crippen molar-refractivity contribution in [3.05, 3.63) is 51.7 Å². The van der Waals surface area contributed by atoms with Crippen LogP contribution in [0.2, 0.25) is 0 Å². The van der Waals surface area contributed by atoms with Gasteiger partial charge in [0.1, 0.15) is 17.2 Å². The summed E-state index contributed by atoms with van der Waals surface area (Å²) in [6, 6.07) is 4.13. The molecule has 3 aromatic rings. The lowest BCUT2D eigenvalue weighted by Gasteiger charge is -2.22. The Hall–Kier alpha value is -2.84. The fourth-order valence-electron chi connectivity index (χ4n) is 3.96. The summed E-state index contributed by atoms with van der Waals surface area (Å²) in [7, 11) is 0. The topological polar surface area (TPSA) is 70.4 Å². The molecule has 0 amide bonds. The number of nitrogens with zero attached hydrogens (tertiary/aromatic N) is 2. The van der Waals surface area contributed by atoms with Crippen LogP contribution in [-0.4, -0.2) is 19.7 Å². The summed E-state index contributed by atoms with van der Waals surface area (Å²) in [5, 5.41) is 13.8. The molecule has 0 saturated heterocycles. The maximum absolute atomic E-state index is 13.7. The first-order valence-electron chi connectivity index (χ1n) is 8.98. The Bertz CT molecular complexity index is 1090. The highest BCUT2D eigenvalue weighted by atomic mass is 19.4. The van der Waals surface area contributed by atoms with Gasteiger partial charge in [-0.15, -0.1) is 0 Å². The van der Waals surface area contributed by atoms with Crippen molar-refractivity contribution in [1.82, 2.24) is 14.6 Å². The van der Waals surface area contributed by atoms with Crippen LogP contribution in [0.25, 0.3) is 16.9 Å². The molecule has 1 saturated carbocycles. The minimum Gasteiger partial charge on any atom is -0.507 e. The van der Waals surface area contributed by atoms with E-state index >= 15 is 0 Å². The van der Waals surface area contributed by atoms with E-state index < -0.39 is 29.0 Å². The third kappa shape index (κ3) is 3.14. The third-order valence-electron chi connectivity index (χ3n) is 5.18. The zero-order valence-electron chi connectivity index (χ0n) is 14.7. The molecule has 2 aromatic heterocycles. The number of aromatic hydroxyl groups is 1. The number of nitrogens with one attached hydrogen (secondary N) is 1. The highest BCUT2D eigenvalue weighted by Crippen LogP contribution is 2.42. The van der Waals surface area contributed by atoms with Crippen molar-refractivity contribution in [2.24, 2.45) is 0 Å². The second-order valence-electron chi connectivity index (χ2n) is 7.04. The number of aromatic nitrogens is 3. The molecule has 1 aliphatic rings. The summed E-state index contributed by atoms with van der Waals surface area (Å²) < 4.78 is 55.5. The van der Waals surface area contributed by atoms with E-state index in [4.69, 9.17) is 0 Å². The highest BCUT2D eigenvalue weighted by molar-refractivity contribution is 5.70. The number of fused-ring (bicyclic) bond motifs is 1. The molecule has 9 heteroatoms. The first-order valence-corrected chi connectivity index (χ1v) is 8.98. The van der Waals surface area contributed by atoms with Gasteiger partial charge in [-0.05, 0) is 30.9 Å². The number of phenols is 1. The van der Waals surface area contributed by atoms with Gasteiger partial charge in [-0.3, -0.25) is 4.79 Å². The smallest absolute Gasteiger partial charge is 0.435 e. The summed E-state index contributed by atoms with van der Waals surface area (Å²) in [5.41, 5.74) is -1.74. The van der Waals surface area contributed by atoms with E-state index in [-0.39, 0.29) is 28.4 Å². The second-order valence-corrected chi connectivity index (χ2v) is 7.04. The molecule has 5 nitrogen and oxygen atoms in total. The molecule has 0 radical (unpaired) electrons. The zero-order valence-corrected chi connectivity index (χ0v) is 14.7. The number of H-pyrrole nitrogens is 1. The van der Waals surface area contributed by atoms with Crippen molar-refractivity contribution in [1.29, 1.82) is 0 Å². The molecule has 2 heterocycles. The lowest BCUT2D eigenvalue weighted by molar-refractivity contribution is -0.142. The quantitative estimate of drug-likeness (QED) is 0.623. The molecular formula is C19H17F4N3O2. The fraction of sp³-hybridized carbons (Fsp3) is 0.368. The minimum atomic E-state index is -4.70. The van der Waals surface area contributed by atoms with Gasteiger partial charge >= 0.3 is 6.18 Å². The summed E-state index contributed by atoms with van der Waals surface area (Å²) in [6.07, 6.45) is -0.957. The van der Waals surface area contributed by atoms with E-state index in [1.54, 1.807) is 0 Å². The molecule has 0 unspecified atom stereocenters. The standard InChI is InChI=1S/C19H17F4N3O2/c20-11-6-7-12(14(27)8-11)13-9-15(28)24-18-16(10-4-2-1-3-5-10)17(19(21,22)23)25-26(13)18/h6-10,27H,1-5H2,(H,24,28). The van der Waals surface area contributed by atoms with E-state index in [0.717, 1.165) is 42.0 Å². The van der Waals surface area contributed by atoms with Gasteiger partial charge in [0.05, 0.1) is 5.69 Å². The van der Waals surface area contributed by atoms with Gasteiger partial charge in [0.15, 0.2) is 5.69 Å². The number of alkyl halides is 3. The van der Waals surface area contributed by atoms with Crippen LogP contribution in [0, 0.1) is 5.82 Å². The lowest BCUT2D eigenvalue weighted by Crippen LogP contribution is -2.14. The SMILES string of the molecule is O=c1cc(-c2ccc(F)cc2O)n2nc(C(F)(F)F)c(C3CCCCC3)c2[nH]1. The monoisotopic (exact) mass is 395 g/mol. The molecular weight excluding hydrogens is 378 g/mol. The molecule has 148 valence electrons. The molecule has 1 aliphatic carbocycles. The van der Waals surface area contributed by atoms with Crippen molar-refractivity contribution in [3.8, 4) is 17.0 Å². The Morgan fingerprint density at radius 3 is 2.50 bits per heavy atom. The predicted octanol–water partition coefficient (Wildman–Crippen LogP) is 4.60. The van der Waals surface area contributed by atoms with Gasteiger partial charge < -0.3 is 10.1 Å². The molecule has 1 fully saturated rings. The summed E-state index contributed by atoms with van der Waals surface area (Å²) in [6.45, 7) is 0. The summed E-state index contributed by atoms with van der Waals surface area (Å²) in [4.78, 5) is 14.7. The Balaban J connectivity index is 2.03. The molecule has 4 rings (SSSR count). The second kappa shape index (κ2) is 6.65. The normalized spacial score (nSPS) is 16.0. The van der Waals surface area contributed by atoms with Crippen molar-refractivity contribution in [2.75, 3.05) is 0 Å². The molecule has 2 N–H and O–H groups in total. The maximum Gasteiger partial charge on any atom is 0.435 e. The molecule has 28 heavy (non-hydrogen) atoms. The largest absolute Gasteiger partial charge is 0.507 e. The Kier molecular flexibility index (Phi) is 4.40. The van der Waals surface area contributed by atoms with E-state index in [2.05, 4.69) is 10.1 Å². The van der Waals surface area contributed by atoms with Crippen LogP contribution in [0.4, 0.5) is 17.6 Å². The van der Waals surface area contributed by atoms with Crippen LogP contribution < -0.4 is 5.56 Å². The molecule has 0 bridgehead atoms. The van der Waals surface area contributed by atoms with Crippen molar-refractivity contribution >= 4 is 5.65 Å². The summed E-state index contributed by atoms with van der Waals surface area (Å²) >= 11 is 0. The molecule has 0 atom stereocenters. The van der Waals surface area contributed by atoms with E-state index in [1.807, 2.05) is 0 Å². The lowest BCUT2D eigenvalue weighted by atomic mass is 9.84. The van der Waals surface area contributed by atoms with Crippen molar-refractivity contribution in [3.63, 3.8) is 0 Å². The number of halogens is 4. The molecule has 1 aromatic carbocycles. The third-order valence-corrected chi connectivity index (χ3v) is 5.18. The average molecular weight is 395 g/mol. The van der Waals surface area contributed by atoms with Gasteiger partial charge in [-0.1, -0.05) is 19.3 Å². The first kappa shape index (κ1) is 18.5. The average Bonchev–Trinajstić information content (AvgIpc) is 3.01. The number of rotatable bonds is 2. The molecule has 0 aliphatic heterocycles. The molecule has 0 spiro atoms. The minimum absolute atomic E-state index is 0.0175. The van der Waals surface area contributed by atoms with Crippen LogP contribution in [-0.2, 0) is 6.18 Å². The van der Waals surface area contributed by atoms with Crippen LogP contribution in [0.3, 0.4) is 0 Å². The van der Waals surface area contributed by atoms with Gasteiger partial charge in [-0.2, -0.15) is 18.3 Å². The Morgan fingerprint density at radius 2 is 1.86 bits per heavy atom. The fourth-order valence-corrected chi connectivity index (χ4v) is 3.96. The zero-order chi connectivity index (χ0) is 20.1. The summed E-state index contributed by atoms with van der Waals surface area (Å²) in [5.74, 6) is -1.56. The van der Waals surface area contributed by atoms with Crippen LogP contribution >= 0.6 is 0 Å². The van der Waals surface area contributed by atoms with Gasteiger partial charge in [0.2, 0.25) is 0 Å². The number of hydrogen-bond donors (Lipinski definition) is 2. The Labute approximate surface area is 156 Å². The predicted molar refractivity (Wildman–Crippen MR) is 93.7 cm³/mol. The van der Waals surface area contributed by atoms with Gasteiger partial charge in [0, 0.05) is 23.3 Å². The van der Waals surface area contributed by atoms with Crippen molar-refractivity contribution < 1.29 is 22.7 Å². The van der Waals surface area contributed by atoms with E-state index in [9.17, 15) is 27.5 Å². The Morgan fingerprint density at radius 1 is 1.14 bits per heavy atom. The van der Waals surface area contributed by atoms with Crippen LogP contribution in [0.15, 0.2) is 29.1 Å². The number of phenolic OH excluding ortho intramolecular Hbond substituents is 1. The van der Waals surface area contributed by atoms with Gasteiger partial charge in [0.25, 0.3) is 5.56 Å². The van der Waals surface area contributed by atoms with E-state index in [0.29, 0.717) is 12.8 Å². The van der Waals surface area contributed by atoms with Crippen LogP contribution in [0.5, 0.6) is 5.75 Å². The van der Waals surface area contributed by atoms with Crippen LogP contribution in [0.1, 0.15) is 49.3 Å². The van der Waals surface area contributed by atoms with Crippen molar-refractivity contribution in [2.45, 2.75) is 44.2 Å². The maximum atomic E-state index is 13.7. The van der Waals surface area contributed by atoms with Gasteiger partial charge in [-0.25, -0.2) is 8.91 Å². The first-order chi connectivity index (χ1) is 13.3.